The lowest BCUT2D eigenvalue weighted by atomic mass is 9.74. The van der Waals surface area contributed by atoms with Crippen molar-refractivity contribution in [3.8, 4) is 0 Å². The molecular weight excluding hydrogens is 444 g/mol. The molecule has 192 valence electrons. The van der Waals surface area contributed by atoms with Gasteiger partial charge in [0.1, 0.15) is 5.82 Å². The average Bonchev–Trinajstić information content (AvgIpc) is 2.92. The molecule has 5 rings (SSSR count). The second-order valence-corrected chi connectivity index (χ2v) is 11.1. The highest BCUT2D eigenvalue weighted by Crippen LogP contribution is 2.38. The number of aliphatic hydroxyl groups is 1. The van der Waals surface area contributed by atoms with E-state index in [4.69, 9.17) is 4.98 Å². The fraction of sp³-hybridized carbons (Fsp3) is 0.516. The molecular formula is C31H42N4O. The minimum atomic E-state index is -0.347. The first-order valence-corrected chi connectivity index (χ1v) is 13.9. The van der Waals surface area contributed by atoms with Gasteiger partial charge in [0.05, 0.1) is 11.6 Å². The molecule has 5 heteroatoms. The summed E-state index contributed by atoms with van der Waals surface area (Å²) in [5, 5.41) is 19.9. The van der Waals surface area contributed by atoms with Gasteiger partial charge in [-0.1, -0.05) is 61.4 Å². The highest BCUT2D eigenvalue weighted by atomic mass is 16.3. The van der Waals surface area contributed by atoms with E-state index in [1.54, 1.807) is 0 Å². The van der Waals surface area contributed by atoms with E-state index in [2.05, 4.69) is 72.1 Å². The number of fused-ring (bicyclic) bond motifs is 1. The summed E-state index contributed by atoms with van der Waals surface area (Å²) in [6.07, 6.45) is 9.21. The molecule has 0 bridgehead atoms. The number of benzene rings is 2. The normalized spacial score (nSPS) is 25.4. The molecule has 0 aliphatic heterocycles. The van der Waals surface area contributed by atoms with Gasteiger partial charge in [0, 0.05) is 43.3 Å². The fourth-order valence-electron chi connectivity index (χ4n) is 6.37. The van der Waals surface area contributed by atoms with E-state index in [0.717, 1.165) is 42.7 Å². The fourth-order valence-corrected chi connectivity index (χ4v) is 6.37. The monoisotopic (exact) mass is 486 g/mol. The lowest BCUT2D eigenvalue weighted by Crippen LogP contribution is -2.41. The third kappa shape index (κ3) is 5.84. The van der Waals surface area contributed by atoms with Crippen molar-refractivity contribution in [2.75, 3.05) is 30.9 Å². The number of rotatable bonds is 8. The molecule has 5 nitrogen and oxygen atoms in total. The molecule has 0 radical (unpaired) electrons. The van der Waals surface area contributed by atoms with Gasteiger partial charge >= 0.3 is 0 Å². The molecule has 0 saturated heterocycles. The molecule has 1 aromatic heterocycles. The summed E-state index contributed by atoms with van der Waals surface area (Å²) in [7, 11) is 4.19. The van der Waals surface area contributed by atoms with Crippen LogP contribution in [-0.4, -0.2) is 42.8 Å². The number of aromatic nitrogens is 1. The first-order valence-electron chi connectivity index (χ1n) is 13.9. The van der Waals surface area contributed by atoms with E-state index in [1.165, 1.54) is 43.2 Å². The zero-order chi connectivity index (χ0) is 24.9. The first-order chi connectivity index (χ1) is 17.6. The van der Waals surface area contributed by atoms with E-state index >= 15 is 0 Å². The van der Waals surface area contributed by atoms with Crippen molar-refractivity contribution < 1.29 is 5.11 Å². The van der Waals surface area contributed by atoms with Gasteiger partial charge in [-0.2, -0.15) is 0 Å². The lowest BCUT2D eigenvalue weighted by molar-refractivity contribution is 0.0450. The molecule has 2 aliphatic carbocycles. The van der Waals surface area contributed by atoms with Crippen LogP contribution in [0.1, 0.15) is 63.0 Å². The van der Waals surface area contributed by atoms with Gasteiger partial charge in [-0.3, -0.25) is 0 Å². The molecule has 2 saturated carbocycles. The molecule has 3 N–H and O–H groups in total. The topological polar surface area (TPSA) is 60.4 Å². The Morgan fingerprint density at radius 3 is 2.36 bits per heavy atom. The maximum Gasteiger partial charge on any atom is 0.128 e. The maximum atomic E-state index is 11.1. The van der Waals surface area contributed by atoms with Gasteiger partial charge in [0.2, 0.25) is 0 Å². The van der Waals surface area contributed by atoms with Crippen LogP contribution >= 0.6 is 0 Å². The van der Waals surface area contributed by atoms with Gasteiger partial charge in [-0.25, -0.2) is 4.98 Å². The Balaban J connectivity index is 1.14. The number of aliphatic hydroxyl groups excluding tert-OH is 1. The predicted octanol–water partition coefficient (Wildman–Crippen LogP) is 6.15. The van der Waals surface area contributed by atoms with Crippen LogP contribution in [0.5, 0.6) is 0 Å². The summed E-state index contributed by atoms with van der Waals surface area (Å²) in [5.41, 5.74) is 3.32. The Bertz CT molecular complexity index is 1110. The van der Waals surface area contributed by atoms with Gasteiger partial charge in [-0.05, 0) is 68.5 Å². The van der Waals surface area contributed by atoms with Crippen molar-refractivity contribution in [2.45, 2.75) is 69.6 Å². The van der Waals surface area contributed by atoms with Crippen LogP contribution in [-0.2, 0) is 0 Å². The van der Waals surface area contributed by atoms with E-state index < -0.39 is 0 Å². The van der Waals surface area contributed by atoms with Crippen molar-refractivity contribution in [2.24, 2.45) is 11.8 Å². The number of nitrogens with one attached hydrogen (secondary N) is 2. The molecule has 2 aliphatic rings. The Morgan fingerprint density at radius 2 is 1.58 bits per heavy atom. The Labute approximate surface area is 216 Å². The molecule has 1 heterocycles. The molecule has 36 heavy (non-hydrogen) atoms. The van der Waals surface area contributed by atoms with E-state index in [0.29, 0.717) is 23.9 Å². The van der Waals surface area contributed by atoms with Crippen LogP contribution in [0.15, 0.2) is 60.7 Å². The second-order valence-electron chi connectivity index (χ2n) is 11.1. The summed E-state index contributed by atoms with van der Waals surface area (Å²) in [6.45, 7) is 1.02. The van der Waals surface area contributed by atoms with Crippen LogP contribution in [0.2, 0.25) is 0 Å². The zero-order valence-corrected chi connectivity index (χ0v) is 21.9. The number of anilines is 2. The number of hydrogen-bond donors (Lipinski definition) is 3. The van der Waals surface area contributed by atoms with Crippen LogP contribution in [0, 0.1) is 11.8 Å². The Hall–Kier alpha value is -2.63. The smallest absolute Gasteiger partial charge is 0.128 e. The van der Waals surface area contributed by atoms with Gasteiger partial charge in [-0.15, -0.1) is 0 Å². The highest BCUT2D eigenvalue weighted by Gasteiger charge is 2.32. The minimum Gasteiger partial charge on any atom is -0.388 e. The third-order valence-corrected chi connectivity index (χ3v) is 8.44. The van der Waals surface area contributed by atoms with Crippen molar-refractivity contribution in [1.82, 2.24) is 10.3 Å². The molecule has 3 aromatic rings. The lowest BCUT2D eigenvalue weighted by Gasteiger charge is -2.37. The number of hydrogen-bond acceptors (Lipinski definition) is 5. The average molecular weight is 487 g/mol. The Morgan fingerprint density at radius 1 is 0.889 bits per heavy atom. The molecule has 2 fully saturated rings. The largest absolute Gasteiger partial charge is 0.388 e. The van der Waals surface area contributed by atoms with E-state index in [-0.39, 0.29) is 6.10 Å². The summed E-state index contributed by atoms with van der Waals surface area (Å²) in [5.74, 6) is 1.89. The zero-order valence-electron chi connectivity index (χ0n) is 21.9. The molecule has 3 unspecified atom stereocenters. The standard InChI is InChI=1S/C31H42N4O/c1-35(2)29-20-30(34-28-15-9-8-14-27(28)29)33-25-18-16-24(17-19-25)32-21-23-12-6-7-13-26(23)31(36)22-10-4-3-5-11-22/h3-5,8-11,14-15,20,23-26,31-32,36H,6-7,12-13,16-19,21H2,1-2H3,(H,33,34). The van der Waals surface area contributed by atoms with Crippen LogP contribution < -0.4 is 15.5 Å². The quantitative estimate of drug-likeness (QED) is 0.356. The van der Waals surface area contributed by atoms with Gasteiger partial charge < -0.3 is 20.6 Å². The first kappa shape index (κ1) is 25.0. The summed E-state index contributed by atoms with van der Waals surface area (Å²) < 4.78 is 0. The molecule has 0 amide bonds. The Kier molecular flexibility index (Phi) is 8.08. The predicted molar refractivity (Wildman–Crippen MR) is 151 cm³/mol. The second kappa shape index (κ2) is 11.6. The van der Waals surface area contributed by atoms with E-state index in [1.807, 2.05) is 18.2 Å². The number of pyridine rings is 1. The van der Waals surface area contributed by atoms with Crippen molar-refractivity contribution >= 4 is 22.4 Å². The van der Waals surface area contributed by atoms with Crippen molar-refractivity contribution in [3.05, 3.63) is 66.2 Å². The SMILES string of the molecule is CN(C)c1cc(NC2CCC(NCC3CCCCC3C(O)c3ccccc3)CC2)nc2ccccc12. The van der Waals surface area contributed by atoms with Crippen molar-refractivity contribution in [1.29, 1.82) is 0 Å². The summed E-state index contributed by atoms with van der Waals surface area (Å²) in [4.78, 5) is 7.07. The third-order valence-electron chi connectivity index (χ3n) is 8.44. The number of nitrogens with zero attached hydrogens (tertiary/aromatic N) is 2. The maximum absolute atomic E-state index is 11.1. The van der Waals surface area contributed by atoms with Gasteiger partial charge in [0.15, 0.2) is 0 Å². The molecule has 2 aromatic carbocycles. The minimum absolute atomic E-state index is 0.347. The number of para-hydroxylation sites is 1. The molecule has 3 atom stereocenters. The highest BCUT2D eigenvalue weighted by molar-refractivity contribution is 5.93. The van der Waals surface area contributed by atoms with Crippen molar-refractivity contribution in [3.63, 3.8) is 0 Å². The summed E-state index contributed by atoms with van der Waals surface area (Å²) in [6, 6.07) is 21.9. The van der Waals surface area contributed by atoms with Crippen LogP contribution in [0.3, 0.4) is 0 Å². The summed E-state index contributed by atoms with van der Waals surface area (Å²) >= 11 is 0. The van der Waals surface area contributed by atoms with Crippen LogP contribution in [0.4, 0.5) is 11.5 Å². The van der Waals surface area contributed by atoms with E-state index in [9.17, 15) is 5.11 Å². The van der Waals surface area contributed by atoms with Gasteiger partial charge in [0.25, 0.3) is 0 Å². The van der Waals surface area contributed by atoms with Crippen LogP contribution in [0.25, 0.3) is 10.9 Å². The molecule has 0 spiro atoms.